The minimum atomic E-state index is 0.0213. The van der Waals surface area contributed by atoms with Crippen LogP contribution in [0.1, 0.15) is 56.6 Å². The lowest BCUT2D eigenvalue weighted by molar-refractivity contribution is -0.132. The number of aromatic nitrogens is 5. The Labute approximate surface area is 187 Å². The normalized spacial score (nSPS) is 16.3. The zero-order chi connectivity index (χ0) is 22.1. The third-order valence-corrected chi connectivity index (χ3v) is 6.20. The third kappa shape index (κ3) is 3.79. The van der Waals surface area contributed by atoms with Gasteiger partial charge in [0.2, 0.25) is 5.91 Å². The fraction of sp³-hybridized carbons (Fsp3) is 0.360. The number of aryl methyl sites for hydroxylation is 1. The molecule has 0 radical (unpaired) electrons. The lowest BCUT2D eigenvalue weighted by Crippen LogP contribution is -2.31. The van der Waals surface area contributed by atoms with Crippen LogP contribution in [0, 0.1) is 0 Å². The van der Waals surface area contributed by atoms with E-state index in [1.807, 2.05) is 70.7 Å². The molecule has 0 N–H and O–H groups in total. The summed E-state index contributed by atoms with van der Waals surface area (Å²) in [4.78, 5) is 29.0. The molecule has 1 aromatic carbocycles. The number of imidazole rings is 2. The van der Waals surface area contributed by atoms with Crippen molar-refractivity contribution < 1.29 is 4.79 Å². The van der Waals surface area contributed by atoms with Crippen molar-refractivity contribution in [2.45, 2.75) is 51.6 Å². The Hall–Kier alpha value is -3.48. The number of nitrogens with zero attached hydrogens (tertiary/aromatic N) is 6. The number of fused-ring (bicyclic) bond motifs is 1. The maximum atomic E-state index is 13.2. The summed E-state index contributed by atoms with van der Waals surface area (Å²) in [6.07, 6.45) is 7.98. The van der Waals surface area contributed by atoms with Gasteiger partial charge in [-0.1, -0.05) is 32.0 Å². The molecule has 4 heterocycles. The maximum absolute atomic E-state index is 13.2. The van der Waals surface area contributed by atoms with Crippen LogP contribution in [0.5, 0.6) is 0 Å². The van der Waals surface area contributed by atoms with Crippen LogP contribution in [0.2, 0.25) is 0 Å². The van der Waals surface area contributed by atoms with Crippen molar-refractivity contribution >= 4 is 16.9 Å². The quantitative estimate of drug-likeness (QED) is 0.454. The lowest BCUT2D eigenvalue weighted by atomic mass is 10.1. The number of hydrogen-bond donors (Lipinski definition) is 0. The van der Waals surface area contributed by atoms with E-state index in [2.05, 4.69) is 28.4 Å². The molecular weight excluding hydrogens is 400 g/mol. The average Bonchev–Trinajstić information content (AvgIpc) is 3.57. The molecule has 1 amide bonds. The van der Waals surface area contributed by atoms with Crippen molar-refractivity contribution in [1.82, 2.24) is 29.0 Å². The molecule has 7 heteroatoms. The molecule has 3 aromatic heterocycles. The molecule has 1 saturated heterocycles. The Morgan fingerprint density at radius 3 is 2.88 bits per heavy atom. The number of benzene rings is 1. The molecule has 1 unspecified atom stereocenters. The smallest absolute Gasteiger partial charge is 0.224 e. The second-order valence-corrected chi connectivity index (χ2v) is 8.65. The van der Waals surface area contributed by atoms with Gasteiger partial charge in [-0.25, -0.2) is 15.0 Å². The highest BCUT2D eigenvalue weighted by atomic mass is 16.2. The molecule has 164 valence electrons. The van der Waals surface area contributed by atoms with Gasteiger partial charge in [0.05, 0.1) is 29.1 Å². The van der Waals surface area contributed by atoms with Gasteiger partial charge in [-0.15, -0.1) is 0 Å². The number of carbonyl (C=O) groups is 1. The Morgan fingerprint density at radius 1 is 1.12 bits per heavy atom. The zero-order valence-electron chi connectivity index (χ0n) is 18.6. The van der Waals surface area contributed by atoms with Crippen molar-refractivity contribution in [3.8, 4) is 5.82 Å². The van der Waals surface area contributed by atoms with Crippen LogP contribution in [0.3, 0.4) is 0 Å². The monoisotopic (exact) mass is 428 g/mol. The van der Waals surface area contributed by atoms with Crippen molar-refractivity contribution in [2.24, 2.45) is 0 Å². The summed E-state index contributed by atoms with van der Waals surface area (Å²) >= 11 is 0. The Morgan fingerprint density at radius 2 is 2.00 bits per heavy atom. The highest BCUT2D eigenvalue weighted by Crippen LogP contribution is 2.32. The van der Waals surface area contributed by atoms with E-state index in [1.54, 1.807) is 0 Å². The molecule has 7 nitrogen and oxygen atoms in total. The van der Waals surface area contributed by atoms with Gasteiger partial charge in [0.25, 0.3) is 0 Å². The van der Waals surface area contributed by atoms with Gasteiger partial charge in [0, 0.05) is 37.8 Å². The van der Waals surface area contributed by atoms with Crippen molar-refractivity contribution in [3.63, 3.8) is 0 Å². The summed E-state index contributed by atoms with van der Waals surface area (Å²) < 4.78 is 4.10. The fourth-order valence-corrected chi connectivity index (χ4v) is 4.62. The largest absolute Gasteiger partial charge is 0.334 e. The van der Waals surface area contributed by atoms with E-state index in [0.717, 1.165) is 47.8 Å². The standard InChI is InChI=1S/C25H28N6O/c1-18(2)25-26-13-16-31(25)23-11-5-8-20(28-23)22-10-6-14-30(22)24(32)12-15-29-17-27-19-7-3-4-9-21(19)29/h3-5,7-9,11,13,16-18,22H,6,10,12,14-15H2,1-2H3. The summed E-state index contributed by atoms with van der Waals surface area (Å²) in [5.74, 6) is 2.32. The summed E-state index contributed by atoms with van der Waals surface area (Å²) in [5, 5.41) is 0. The molecule has 1 aliphatic rings. The van der Waals surface area contributed by atoms with Crippen molar-refractivity contribution in [1.29, 1.82) is 0 Å². The maximum Gasteiger partial charge on any atom is 0.224 e. The summed E-state index contributed by atoms with van der Waals surface area (Å²) in [6.45, 7) is 5.66. The lowest BCUT2D eigenvalue weighted by Gasteiger charge is -2.25. The van der Waals surface area contributed by atoms with Gasteiger partial charge in [-0.2, -0.15) is 0 Å². The number of pyridine rings is 1. The molecule has 0 spiro atoms. The molecular formula is C25H28N6O. The van der Waals surface area contributed by atoms with Gasteiger partial charge in [-0.3, -0.25) is 9.36 Å². The van der Waals surface area contributed by atoms with E-state index in [1.165, 1.54) is 0 Å². The minimum absolute atomic E-state index is 0.0213. The third-order valence-electron chi connectivity index (χ3n) is 6.20. The minimum Gasteiger partial charge on any atom is -0.334 e. The van der Waals surface area contributed by atoms with Gasteiger partial charge >= 0.3 is 0 Å². The molecule has 4 aromatic rings. The van der Waals surface area contributed by atoms with Gasteiger partial charge in [-0.05, 0) is 37.1 Å². The van der Waals surface area contributed by atoms with Crippen LogP contribution in [0.4, 0.5) is 0 Å². The van der Waals surface area contributed by atoms with Crippen LogP contribution in [0.15, 0.2) is 61.2 Å². The first-order valence-electron chi connectivity index (χ1n) is 11.3. The number of amides is 1. The van der Waals surface area contributed by atoms with Crippen LogP contribution >= 0.6 is 0 Å². The number of likely N-dealkylation sites (tertiary alicyclic amines) is 1. The number of rotatable bonds is 6. The first kappa shape index (κ1) is 20.4. The first-order chi connectivity index (χ1) is 15.6. The van der Waals surface area contributed by atoms with E-state index >= 15 is 0 Å². The molecule has 1 aliphatic heterocycles. The van der Waals surface area contributed by atoms with Crippen LogP contribution in [-0.2, 0) is 11.3 Å². The predicted octanol–water partition coefficient (Wildman–Crippen LogP) is 4.49. The van der Waals surface area contributed by atoms with E-state index in [4.69, 9.17) is 4.98 Å². The van der Waals surface area contributed by atoms with E-state index in [9.17, 15) is 4.79 Å². The fourth-order valence-electron chi connectivity index (χ4n) is 4.62. The second-order valence-electron chi connectivity index (χ2n) is 8.65. The molecule has 0 bridgehead atoms. The molecule has 32 heavy (non-hydrogen) atoms. The SMILES string of the molecule is CC(C)c1nccn1-c1cccc(C2CCCN2C(=O)CCn2cnc3ccccc32)n1. The topological polar surface area (TPSA) is 68.8 Å². The van der Waals surface area contributed by atoms with Gasteiger partial charge in [0.15, 0.2) is 0 Å². The average molecular weight is 429 g/mol. The van der Waals surface area contributed by atoms with Crippen LogP contribution in [-0.4, -0.2) is 41.4 Å². The van der Waals surface area contributed by atoms with E-state index in [0.29, 0.717) is 18.9 Å². The van der Waals surface area contributed by atoms with Crippen molar-refractivity contribution in [3.05, 3.63) is 72.7 Å². The molecule has 0 saturated carbocycles. The Bertz CT molecular complexity index is 1240. The zero-order valence-corrected chi connectivity index (χ0v) is 18.6. The van der Waals surface area contributed by atoms with Crippen LogP contribution in [0.25, 0.3) is 16.9 Å². The van der Waals surface area contributed by atoms with Gasteiger partial charge < -0.3 is 9.47 Å². The molecule has 5 rings (SSSR count). The summed E-state index contributed by atoms with van der Waals surface area (Å²) in [5.41, 5.74) is 2.97. The highest BCUT2D eigenvalue weighted by Gasteiger charge is 2.31. The number of para-hydroxylation sites is 2. The summed E-state index contributed by atoms with van der Waals surface area (Å²) in [7, 11) is 0. The first-order valence-corrected chi connectivity index (χ1v) is 11.3. The van der Waals surface area contributed by atoms with E-state index in [-0.39, 0.29) is 11.9 Å². The Balaban J connectivity index is 1.33. The molecule has 1 atom stereocenters. The van der Waals surface area contributed by atoms with Crippen LogP contribution < -0.4 is 0 Å². The summed E-state index contributed by atoms with van der Waals surface area (Å²) in [6, 6.07) is 14.1. The van der Waals surface area contributed by atoms with E-state index < -0.39 is 0 Å². The molecule has 1 fully saturated rings. The number of hydrogen-bond acceptors (Lipinski definition) is 4. The predicted molar refractivity (Wildman–Crippen MR) is 123 cm³/mol. The van der Waals surface area contributed by atoms with Gasteiger partial charge in [0.1, 0.15) is 11.6 Å². The second kappa shape index (κ2) is 8.57. The number of carbonyl (C=O) groups excluding carboxylic acids is 1. The van der Waals surface area contributed by atoms with Crippen molar-refractivity contribution in [2.75, 3.05) is 6.54 Å². The Kier molecular flexibility index (Phi) is 5.47. The highest BCUT2D eigenvalue weighted by molar-refractivity contribution is 5.78. The molecule has 0 aliphatic carbocycles.